The maximum Gasteiger partial charge on any atom is 0.275 e. The van der Waals surface area contributed by atoms with Crippen LogP contribution in [0.1, 0.15) is 33.6 Å². The summed E-state index contributed by atoms with van der Waals surface area (Å²) in [4.78, 5) is 55.6. The number of hydrazine groups is 1. The molecule has 2 aliphatic carbocycles. The first kappa shape index (κ1) is 28.0. The van der Waals surface area contributed by atoms with E-state index in [1.54, 1.807) is 0 Å². The van der Waals surface area contributed by atoms with Gasteiger partial charge < -0.3 is 0 Å². The molecule has 38 heavy (non-hydrogen) atoms. The lowest BCUT2D eigenvalue weighted by molar-refractivity contribution is -0.157. The summed E-state index contributed by atoms with van der Waals surface area (Å²) in [6.45, 7) is 0. The minimum atomic E-state index is -1.33. The van der Waals surface area contributed by atoms with E-state index in [4.69, 9.17) is 34.8 Å². The van der Waals surface area contributed by atoms with Gasteiger partial charge in [-0.25, -0.2) is 9.40 Å². The smallest absolute Gasteiger partial charge is 0.275 e. The van der Waals surface area contributed by atoms with Crippen molar-refractivity contribution < 1.29 is 23.6 Å². The Morgan fingerprint density at radius 1 is 1.00 bits per heavy atom. The van der Waals surface area contributed by atoms with Gasteiger partial charge in [0.2, 0.25) is 0 Å². The number of hydrogen-bond donors (Lipinski definition) is 0. The number of hydrogen-bond acceptors (Lipinski definition) is 4. The second-order valence-corrected chi connectivity index (χ2v) is 13.0. The molecule has 2 aromatic carbocycles. The highest BCUT2D eigenvalue weighted by atomic mass is 79.9. The molecule has 6 nitrogen and oxygen atoms in total. The number of amides is 3. The van der Waals surface area contributed by atoms with Crippen molar-refractivity contribution in [2.24, 2.45) is 23.7 Å². The quantitative estimate of drug-likeness (QED) is 0.197. The Labute approximate surface area is 250 Å². The van der Waals surface area contributed by atoms with Gasteiger partial charge in [-0.3, -0.25) is 19.2 Å². The predicted molar refractivity (Wildman–Crippen MR) is 148 cm³/mol. The van der Waals surface area contributed by atoms with Gasteiger partial charge in [0.05, 0.1) is 22.4 Å². The fourth-order valence-electron chi connectivity index (χ4n) is 5.98. The zero-order chi connectivity index (χ0) is 27.5. The summed E-state index contributed by atoms with van der Waals surface area (Å²) in [6.07, 6.45) is 0.624. The molecule has 0 aromatic heterocycles. The van der Waals surface area contributed by atoms with E-state index >= 15 is 0 Å². The lowest BCUT2D eigenvalue weighted by Gasteiger charge is -2.37. The number of ketones is 1. The molecular weight excluding hydrogens is 689 g/mol. The predicted octanol–water partition coefficient (Wildman–Crippen LogP) is 6.15. The minimum Gasteiger partial charge on any atom is -0.292 e. The number of carbonyl (C=O) groups is 4. The molecule has 0 spiro atoms. The van der Waals surface area contributed by atoms with Gasteiger partial charge in [0.25, 0.3) is 17.7 Å². The lowest BCUT2D eigenvalue weighted by Crippen LogP contribution is -2.58. The summed E-state index contributed by atoms with van der Waals surface area (Å²) in [6, 6.07) is 7.65. The maximum atomic E-state index is 14.1. The first-order valence-corrected chi connectivity index (χ1v) is 15.0. The van der Waals surface area contributed by atoms with Gasteiger partial charge in [-0.1, -0.05) is 55.1 Å². The van der Waals surface area contributed by atoms with E-state index in [9.17, 15) is 23.6 Å². The van der Waals surface area contributed by atoms with Crippen molar-refractivity contribution in [3.05, 3.63) is 69.5 Å². The van der Waals surface area contributed by atoms with E-state index < -0.39 is 47.2 Å². The number of benzene rings is 2. The molecule has 1 saturated heterocycles. The Balaban J connectivity index is 1.62. The first-order valence-electron chi connectivity index (χ1n) is 11.9. The third-order valence-corrected chi connectivity index (χ3v) is 11.6. The molecule has 5 rings (SSSR count). The molecule has 0 radical (unpaired) electrons. The summed E-state index contributed by atoms with van der Waals surface area (Å²) < 4.78 is 13.6. The number of rotatable bonds is 7. The molecule has 3 fully saturated rings. The molecule has 0 unspecified atom stereocenters. The van der Waals surface area contributed by atoms with Crippen LogP contribution in [-0.4, -0.2) is 55.1 Å². The second-order valence-electron chi connectivity index (χ2n) is 9.63. The van der Waals surface area contributed by atoms with E-state index in [2.05, 4.69) is 31.9 Å². The standard InChI is InChI=1S/C26H20Br2Cl3FN2O4/c27-21-15-10-16(22(21)28)20-19(15)25(37)34(26(20)38)33(24(36)14-6-3-12(30)9-17(14)31)18(7-8-29)23(35)11-1-4-13(32)5-2-11/h1-6,9,15-16,18-22H,7-8,10H2/t15-,16-,18+,19-,20-,21-,22+/m1/s1. The number of alkyl halides is 3. The molecular formula is C26H20Br2Cl3FN2O4. The van der Waals surface area contributed by atoms with Gasteiger partial charge in [0, 0.05) is 26.1 Å². The number of Topliss-reactive ketones (excluding diaryl/α,β-unsaturated/α-hetero) is 1. The summed E-state index contributed by atoms with van der Waals surface area (Å²) >= 11 is 25.8. The summed E-state index contributed by atoms with van der Waals surface area (Å²) in [5.74, 6) is -4.56. The SMILES string of the molecule is O=C(c1ccc(F)cc1)[C@H](CCCl)N(C(=O)c1ccc(Cl)cc1Cl)N1C(=O)[C@@H]2[C@H]3C[C@@H]([C@@H](Br)[C@H]3Br)[C@H]2C1=O. The van der Waals surface area contributed by atoms with Crippen molar-refractivity contribution in [1.29, 1.82) is 0 Å². The van der Waals surface area contributed by atoms with Crippen LogP contribution in [0.3, 0.4) is 0 Å². The van der Waals surface area contributed by atoms with E-state index in [0.717, 1.165) is 22.2 Å². The second kappa shape index (κ2) is 10.8. The summed E-state index contributed by atoms with van der Waals surface area (Å²) in [5, 5.41) is 2.00. The van der Waals surface area contributed by atoms with Gasteiger partial charge in [0.1, 0.15) is 11.9 Å². The molecule has 0 N–H and O–H groups in total. The highest BCUT2D eigenvalue weighted by Gasteiger charge is 2.68. The zero-order valence-corrected chi connectivity index (χ0v) is 24.9. The normalized spacial score (nSPS) is 28.5. The van der Waals surface area contributed by atoms with Crippen molar-refractivity contribution in [2.45, 2.75) is 28.5 Å². The first-order chi connectivity index (χ1) is 18.1. The lowest BCUT2D eigenvalue weighted by atomic mass is 9.81. The van der Waals surface area contributed by atoms with Crippen molar-refractivity contribution in [3.8, 4) is 0 Å². The third-order valence-electron chi connectivity index (χ3n) is 7.66. The Morgan fingerprint density at radius 2 is 1.58 bits per heavy atom. The molecule has 2 aromatic rings. The maximum absolute atomic E-state index is 14.1. The third kappa shape index (κ3) is 4.52. The van der Waals surface area contributed by atoms with Crippen molar-refractivity contribution >= 4 is 90.2 Å². The molecule has 12 heteroatoms. The van der Waals surface area contributed by atoms with Gasteiger partial charge in [-0.15, -0.1) is 11.6 Å². The van der Waals surface area contributed by atoms with Crippen LogP contribution in [0.25, 0.3) is 0 Å². The Morgan fingerprint density at radius 3 is 2.11 bits per heavy atom. The number of imide groups is 1. The van der Waals surface area contributed by atoms with Crippen LogP contribution in [-0.2, 0) is 9.59 Å². The Bertz CT molecular complexity index is 1300. The van der Waals surface area contributed by atoms with Crippen LogP contribution in [0.4, 0.5) is 4.39 Å². The number of nitrogens with zero attached hydrogens (tertiary/aromatic N) is 2. The largest absolute Gasteiger partial charge is 0.292 e. The fourth-order valence-corrected chi connectivity index (χ4v) is 8.55. The van der Waals surface area contributed by atoms with Crippen LogP contribution >= 0.6 is 66.7 Å². The van der Waals surface area contributed by atoms with E-state index in [0.29, 0.717) is 6.42 Å². The molecule has 7 atom stereocenters. The molecule has 3 aliphatic rings. The Hall–Kier alpha value is -1.52. The van der Waals surface area contributed by atoms with Crippen molar-refractivity contribution in [1.82, 2.24) is 10.0 Å². The van der Waals surface area contributed by atoms with Crippen LogP contribution in [0.5, 0.6) is 0 Å². The van der Waals surface area contributed by atoms with Gasteiger partial charge in [-0.05, 0) is 67.1 Å². The number of halogens is 6. The van der Waals surface area contributed by atoms with Crippen molar-refractivity contribution in [3.63, 3.8) is 0 Å². The molecule has 2 saturated carbocycles. The monoisotopic (exact) mass is 706 g/mol. The van der Waals surface area contributed by atoms with Crippen LogP contribution < -0.4 is 0 Å². The van der Waals surface area contributed by atoms with Crippen LogP contribution in [0, 0.1) is 29.5 Å². The van der Waals surface area contributed by atoms with Gasteiger partial charge in [-0.2, -0.15) is 5.01 Å². The average molecular weight is 710 g/mol. The van der Waals surface area contributed by atoms with Gasteiger partial charge in [0.15, 0.2) is 5.78 Å². The van der Waals surface area contributed by atoms with Crippen molar-refractivity contribution in [2.75, 3.05) is 5.88 Å². The number of fused-ring (bicyclic) bond motifs is 5. The van der Waals surface area contributed by atoms with Gasteiger partial charge >= 0.3 is 0 Å². The topological polar surface area (TPSA) is 74.8 Å². The van der Waals surface area contributed by atoms with E-state index in [1.165, 1.54) is 30.3 Å². The minimum absolute atomic E-state index is 0.00763. The average Bonchev–Trinajstić information content (AvgIpc) is 3.49. The van der Waals surface area contributed by atoms with Crippen LogP contribution in [0.2, 0.25) is 10.0 Å². The van der Waals surface area contributed by atoms with Crippen LogP contribution in [0.15, 0.2) is 42.5 Å². The molecule has 3 amide bonds. The number of carbonyl (C=O) groups excluding carboxylic acids is 4. The zero-order valence-electron chi connectivity index (χ0n) is 19.5. The van der Waals surface area contributed by atoms with E-state index in [-0.39, 0.29) is 55.0 Å². The fraction of sp³-hybridized carbons (Fsp3) is 0.385. The highest BCUT2D eigenvalue weighted by molar-refractivity contribution is 9.12. The summed E-state index contributed by atoms with van der Waals surface area (Å²) in [7, 11) is 0. The summed E-state index contributed by atoms with van der Waals surface area (Å²) in [5.41, 5.74) is 0.0573. The molecule has 1 aliphatic heterocycles. The highest BCUT2D eigenvalue weighted by Crippen LogP contribution is 2.60. The van der Waals surface area contributed by atoms with E-state index in [1.807, 2.05) is 0 Å². The molecule has 2 bridgehead atoms. The Kier molecular flexibility index (Phi) is 7.97. The molecule has 200 valence electrons. The molecule has 1 heterocycles.